The lowest BCUT2D eigenvalue weighted by Gasteiger charge is -2.23. The Labute approximate surface area is 181 Å². The summed E-state index contributed by atoms with van der Waals surface area (Å²) >= 11 is 0. The van der Waals surface area contributed by atoms with Crippen LogP contribution in [0, 0.1) is 10.1 Å². The number of hydrogen-bond acceptors (Lipinski definition) is 8. The average Bonchev–Trinajstić information content (AvgIpc) is 2.81. The molecule has 0 aliphatic carbocycles. The Hall–Kier alpha value is -4.47. The van der Waals surface area contributed by atoms with Gasteiger partial charge in [-0.15, -0.1) is 0 Å². The van der Waals surface area contributed by atoms with E-state index in [2.05, 4.69) is 5.10 Å². The molecule has 2 amide bonds. The largest absolute Gasteiger partial charge is 0.493 e. The molecule has 0 atom stereocenters. The van der Waals surface area contributed by atoms with E-state index in [9.17, 15) is 19.7 Å². The molecule has 32 heavy (non-hydrogen) atoms. The smallest absolute Gasteiger partial charge is 0.282 e. The van der Waals surface area contributed by atoms with Crippen LogP contribution in [0.4, 0.5) is 5.69 Å². The maximum Gasteiger partial charge on any atom is 0.282 e. The molecule has 10 heteroatoms. The fourth-order valence-corrected chi connectivity index (χ4v) is 3.68. The van der Waals surface area contributed by atoms with Crippen molar-refractivity contribution in [2.24, 2.45) is 5.10 Å². The van der Waals surface area contributed by atoms with Crippen molar-refractivity contribution >= 4 is 34.5 Å². The highest BCUT2D eigenvalue weighted by Crippen LogP contribution is 2.39. The van der Waals surface area contributed by atoms with Crippen molar-refractivity contribution in [1.29, 1.82) is 0 Å². The Bertz CT molecular complexity index is 1290. The summed E-state index contributed by atoms with van der Waals surface area (Å²) in [5.41, 5.74) is 0.561. The van der Waals surface area contributed by atoms with Crippen LogP contribution >= 0.6 is 0 Å². The zero-order valence-corrected chi connectivity index (χ0v) is 17.3. The number of nitro groups is 1. The Morgan fingerprint density at radius 3 is 2.22 bits per heavy atom. The van der Waals surface area contributed by atoms with Crippen LogP contribution in [0.15, 0.2) is 47.6 Å². The molecule has 10 nitrogen and oxygen atoms in total. The third-order valence-corrected chi connectivity index (χ3v) is 5.11. The van der Waals surface area contributed by atoms with Gasteiger partial charge in [0.15, 0.2) is 11.5 Å². The standard InChI is InChI=1S/C22H17N3O7/c1-30-17-10-7-12(19(31-2)20(17)32-3)11-23-24-21(26)14-6-4-5-13-16(25(28)29)9-8-15(18(13)14)22(24)27/h4-11H,1-3H3. The fraction of sp³-hybridized carbons (Fsp3) is 0.136. The van der Waals surface area contributed by atoms with Crippen molar-refractivity contribution in [3.05, 3.63) is 69.3 Å². The highest BCUT2D eigenvalue weighted by Gasteiger charge is 2.34. The molecule has 0 saturated heterocycles. The van der Waals surface area contributed by atoms with Crippen LogP contribution in [0.5, 0.6) is 17.2 Å². The van der Waals surface area contributed by atoms with Gasteiger partial charge >= 0.3 is 0 Å². The Balaban J connectivity index is 1.80. The third-order valence-electron chi connectivity index (χ3n) is 5.11. The topological polar surface area (TPSA) is 121 Å². The van der Waals surface area contributed by atoms with E-state index in [1.54, 1.807) is 12.1 Å². The third kappa shape index (κ3) is 3.09. The van der Waals surface area contributed by atoms with Gasteiger partial charge in [-0.1, -0.05) is 6.07 Å². The number of imide groups is 1. The molecule has 3 aromatic rings. The SMILES string of the molecule is COc1ccc(C=NN2C(=O)c3cccc4c([N+](=O)[O-])ccc(c34)C2=O)c(OC)c1OC. The number of carbonyl (C=O) groups excluding carboxylic acids is 2. The number of rotatable bonds is 6. The number of hydrazone groups is 1. The van der Waals surface area contributed by atoms with Gasteiger partial charge in [-0.3, -0.25) is 19.7 Å². The first-order valence-electron chi connectivity index (χ1n) is 9.34. The zero-order valence-electron chi connectivity index (χ0n) is 17.3. The summed E-state index contributed by atoms with van der Waals surface area (Å²) in [5.74, 6) is -0.300. The minimum absolute atomic E-state index is 0.150. The summed E-state index contributed by atoms with van der Waals surface area (Å²) < 4.78 is 16.0. The molecule has 162 valence electrons. The summed E-state index contributed by atoms with van der Waals surface area (Å²) in [6.07, 6.45) is 1.30. The number of non-ortho nitro benzene ring substituents is 1. The van der Waals surface area contributed by atoms with Gasteiger partial charge in [0.25, 0.3) is 17.5 Å². The van der Waals surface area contributed by atoms with Crippen molar-refractivity contribution in [2.75, 3.05) is 21.3 Å². The van der Waals surface area contributed by atoms with Crippen LogP contribution in [0.2, 0.25) is 0 Å². The highest BCUT2D eigenvalue weighted by molar-refractivity contribution is 6.26. The molecule has 3 aromatic carbocycles. The number of ether oxygens (including phenoxy) is 3. The van der Waals surface area contributed by atoms with Crippen LogP contribution in [-0.2, 0) is 0 Å². The van der Waals surface area contributed by atoms with E-state index < -0.39 is 16.7 Å². The summed E-state index contributed by atoms with van der Waals surface area (Å²) in [5, 5.41) is 16.6. The average molecular weight is 435 g/mol. The maximum absolute atomic E-state index is 13.0. The molecule has 1 aliphatic rings. The predicted octanol–water partition coefficient (Wildman–Crippen LogP) is 3.40. The molecule has 0 aromatic heterocycles. The van der Waals surface area contributed by atoms with Crippen LogP contribution in [0.3, 0.4) is 0 Å². The zero-order chi connectivity index (χ0) is 23.0. The minimum Gasteiger partial charge on any atom is -0.493 e. The number of methoxy groups -OCH3 is 3. The van der Waals surface area contributed by atoms with E-state index in [1.165, 1.54) is 57.9 Å². The second kappa shape index (κ2) is 7.99. The Morgan fingerprint density at radius 2 is 1.59 bits per heavy atom. The van der Waals surface area contributed by atoms with Gasteiger partial charge in [-0.05, 0) is 30.3 Å². The van der Waals surface area contributed by atoms with E-state index >= 15 is 0 Å². The van der Waals surface area contributed by atoms with Crippen molar-refractivity contribution in [2.45, 2.75) is 0 Å². The number of hydrogen-bond donors (Lipinski definition) is 0. The number of nitro benzene ring substituents is 1. The van der Waals surface area contributed by atoms with Crippen molar-refractivity contribution in [3.63, 3.8) is 0 Å². The first-order valence-corrected chi connectivity index (χ1v) is 9.34. The first kappa shape index (κ1) is 20.8. The number of nitrogens with zero attached hydrogens (tertiary/aromatic N) is 3. The molecular formula is C22H17N3O7. The van der Waals surface area contributed by atoms with Gasteiger partial charge < -0.3 is 14.2 Å². The number of carbonyl (C=O) groups is 2. The molecule has 0 spiro atoms. The summed E-state index contributed by atoms with van der Waals surface area (Å²) in [7, 11) is 4.38. The Morgan fingerprint density at radius 1 is 0.906 bits per heavy atom. The second-order valence-corrected chi connectivity index (χ2v) is 6.71. The molecule has 1 aliphatic heterocycles. The summed E-state index contributed by atoms with van der Waals surface area (Å²) in [4.78, 5) is 36.9. The van der Waals surface area contributed by atoms with Gasteiger partial charge in [-0.25, -0.2) is 0 Å². The van der Waals surface area contributed by atoms with E-state index in [-0.39, 0.29) is 27.6 Å². The van der Waals surface area contributed by atoms with Gasteiger partial charge in [0.2, 0.25) is 5.75 Å². The molecule has 0 fully saturated rings. The number of benzene rings is 3. The van der Waals surface area contributed by atoms with Crippen LogP contribution in [-0.4, -0.2) is 49.3 Å². The van der Waals surface area contributed by atoms with Crippen molar-refractivity contribution < 1.29 is 28.7 Å². The van der Waals surface area contributed by atoms with E-state index in [4.69, 9.17) is 14.2 Å². The first-order chi connectivity index (χ1) is 15.4. The van der Waals surface area contributed by atoms with Crippen LogP contribution in [0.25, 0.3) is 10.8 Å². The molecule has 0 bridgehead atoms. The van der Waals surface area contributed by atoms with Gasteiger partial charge in [-0.2, -0.15) is 10.1 Å². The summed E-state index contributed by atoms with van der Waals surface area (Å²) in [6, 6.07) is 10.4. The lowest BCUT2D eigenvalue weighted by Crippen LogP contribution is -2.36. The van der Waals surface area contributed by atoms with E-state index in [0.29, 0.717) is 22.8 Å². The maximum atomic E-state index is 13.0. The highest BCUT2D eigenvalue weighted by atomic mass is 16.6. The predicted molar refractivity (Wildman–Crippen MR) is 115 cm³/mol. The van der Waals surface area contributed by atoms with E-state index in [0.717, 1.165) is 5.01 Å². The molecule has 1 heterocycles. The normalized spacial score (nSPS) is 13.0. The van der Waals surface area contributed by atoms with E-state index in [1.807, 2.05) is 0 Å². The molecular weight excluding hydrogens is 418 g/mol. The van der Waals surface area contributed by atoms with Crippen LogP contribution in [0.1, 0.15) is 26.3 Å². The van der Waals surface area contributed by atoms with Crippen molar-refractivity contribution in [3.8, 4) is 17.2 Å². The molecule has 0 N–H and O–H groups in total. The van der Waals surface area contributed by atoms with Gasteiger partial charge in [0, 0.05) is 17.0 Å². The lowest BCUT2D eigenvalue weighted by atomic mass is 9.94. The second-order valence-electron chi connectivity index (χ2n) is 6.71. The summed E-state index contributed by atoms with van der Waals surface area (Å²) in [6.45, 7) is 0. The monoisotopic (exact) mass is 435 g/mol. The quantitative estimate of drug-likeness (QED) is 0.252. The van der Waals surface area contributed by atoms with Crippen LogP contribution < -0.4 is 14.2 Å². The molecule has 4 rings (SSSR count). The molecule has 0 radical (unpaired) electrons. The Kier molecular flexibility index (Phi) is 5.19. The molecule has 0 saturated carbocycles. The number of amides is 2. The van der Waals surface area contributed by atoms with Gasteiger partial charge in [0.05, 0.1) is 49.0 Å². The fourth-order valence-electron chi connectivity index (χ4n) is 3.68. The van der Waals surface area contributed by atoms with Gasteiger partial charge in [0.1, 0.15) is 0 Å². The molecule has 0 unspecified atom stereocenters. The minimum atomic E-state index is -0.690. The van der Waals surface area contributed by atoms with Crippen molar-refractivity contribution in [1.82, 2.24) is 5.01 Å². The lowest BCUT2D eigenvalue weighted by molar-refractivity contribution is -0.383.